The van der Waals surface area contributed by atoms with Gasteiger partial charge in [0.15, 0.2) is 0 Å². The fourth-order valence-electron chi connectivity index (χ4n) is 1.65. The largest absolute Gasteiger partial charge is 0.465 e. The van der Waals surface area contributed by atoms with Gasteiger partial charge < -0.3 is 21.1 Å². The van der Waals surface area contributed by atoms with Gasteiger partial charge in [-0.3, -0.25) is 4.79 Å². The van der Waals surface area contributed by atoms with Gasteiger partial charge in [0.2, 0.25) is 5.91 Å². The number of ether oxygens (including phenoxy) is 1. The second-order valence-corrected chi connectivity index (χ2v) is 4.67. The summed E-state index contributed by atoms with van der Waals surface area (Å²) >= 11 is 0. The van der Waals surface area contributed by atoms with E-state index in [0.29, 0.717) is 18.8 Å². The Morgan fingerprint density at radius 1 is 1.48 bits per heavy atom. The molecule has 0 bridgehead atoms. The summed E-state index contributed by atoms with van der Waals surface area (Å²) in [6.07, 6.45) is 2.65. The van der Waals surface area contributed by atoms with Crippen LogP contribution in [0.3, 0.4) is 0 Å². The van der Waals surface area contributed by atoms with Crippen LogP contribution >= 0.6 is 0 Å². The summed E-state index contributed by atoms with van der Waals surface area (Å²) in [6.45, 7) is 4.33. The summed E-state index contributed by atoms with van der Waals surface area (Å²) in [5.41, 5.74) is 6.32. The van der Waals surface area contributed by atoms with E-state index in [2.05, 4.69) is 20.4 Å². The zero-order chi connectivity index (χ0) is 15.8. The first-order valence-corrected chi connectivity index (χ1v) is 6.85. The van der Waals surface area contributed by atoms with E-state index in [1.807, 2.05) is 13.8 Å². The molecule has 0 saturated heterocycles. The lowest BCUT2D eigenvalue weighted by molar-refractivity contribution is -0.121. The summed E-state index contributed by atoms with van der Waals surface area (Å²) in [6, 6.07) is 1.64. The maximum atomic E-state index is 11.6. The van der Waals surface area contributed by atoms with Gasteiger partial charge in [-0.15, -0.1) is 0 Å². The van der Waals surface area contributed by atoms with Crippen molar-refractivity contribution in [3.8, 4) is 0 Å². The molecule has 1 rings (SSSR count). The predicted molar refractivity (Wildman–Crippen MR) is 81.0 cm³/mol. The van der Waals surface area contributed by atoms with Gasteiger partial charge in [-0.05, 0) is 19.4 Å². The number of carbonyl (C=O) groups excluding carboxylic acids is 2. The molecule has 0 saturated carbocycles. The average Bonchev–Trinajstić information content (AvgIpc) is 2.48. The van der Waals surface area contributed by atoms with E-state index in [4.69, 9.17) is 5.73 Å². The molecule has 0 spiro atoms. The van der Waals surface area contributed by atoms with Crippen molar-refractivity contribution in [3.05, 3.63) is 17.8 Å². The Kier molecular flexibility index (Phi) is 6.45. The normalized spacial score (nSPS) is 11.6. The van der Waals surface area contributed by atoms with Crippen molar-refractivity contribution in [1.29, 1.82) is 0 Å². The van der Waals surface area contributed by atoms with Gasteiger partial charge in [-0.25, -0.2) is 9.78 Å². The lowest BCUT2D eigenvalue weighted by Crippen LogP contribution is -2.33. The van der Waals surface area contributed by atoms with E-state index in [1.54, 1.807) is 0 Å². The third-order valence-corrected chi connectivity index (χ3v) is 3.06. The molecule has 0 aliphatic rings. The molecule has 4 N–H and O–H groups in total. The Bertz CT molecular complexity index is 505. The number of aromatic nitrogens is 1. The van der Waals surface area contributed by atoms with Gasteiger partial charge in [-0.2, -0.15) is 0 Å². The smallest absolute Gasteiger partial charge is 0.340 e. The molecule has 0 aliphatic carbocycles. The molecule has 1 heterocycles. The monoisotopic (exact) mass is 294 g/mol. The molecule has 0 aliphatic heterocycles. The van der Waals surface area contributed by atoms with Crippen LogP contribution in [0, 0.1) is 0 Å². The van der Waals surface area contributed by atoms with E-state index >= 15 is 0 Å². The number of hydrogen-bond acceptors (Lipinski definition) is 6. The molecule has 1 aromatic heterocycles. The molecule has 116 valence electrons. The molecule has 1 amide bonds. The second kappa shape index (κ2) is 8.08. The number of nitrogen functional groups attached to an aromatic ring is 1. The number of anilines is 2. The highest BCUT2D eigenvalue weighted by atomic mass is 16.5. The summed E-state index contributed by atoms with van der Waals surface area (Å²) < 4.78 is 4.63. The van der Waals surface area contributed by atoms with Crippen LogP contribution in [-0.4, -0.2) is 36.6 Å². The molecule has 0 fully saturated rings. The number of esters is 1. The van der Waals surface area contributed by atoms with Crippen LogP contribution in [-0.2, 0) is 9.53 Å². The fraction of sp³-hybridized carbons (Fsp3) is 0.500. The van der Waals surface area contributed by atoms with Gasteiger partial charge >= 0.3 is 5.97 Å². The van der Waals surface area contributed by atoms with Crippen molar-refractivity contribution in [1.82, 2.24) is 10.3 Å². The number of pyridine rings is 1. The first-order chi connectivity index (χ1) is 9.99. The van der Waals surface area contributed by atoms with Crippen LogP contribution in [0.25, 0.3) is 0 Å². The van der Waals surface area contributed by atoms with E-state index in [1.165, 1.54) is 19.4 Å². The SMILES string of the molecule is CCC(C)NC(=O)CCNc1nccc(C(=O)OC)c1N. The minimum absolute atomic E-state index is 0.0421. The number of carbonyl (C=O) groups is 2. The molecular formula is C14H22N4O3. The maximum Gasteiger partial charge on any atom is 0.340 e. The zero-order valence-electron chi connectivity index (χ0n) is 12.6. The van der Waals surface area contributed by atoms with Crippen LogP contribution in [0.4, 0.5) is 11.5 Å². The first-order valence-electron chi connectivity index (χ1n) is 6.85. The summed E-state index contributed by atoms with van der Waals surface area (Å²) in [5, 5.41) is 5.81. The number of rotatable bonds is 7. The average molecular weight is 294 g/mol. The van der Waals surface area contributed by atoms with Crippen LogP contribution in [0.5, 0.6) is 0 Å². The van der Waals surface area contributed by atoms with Crippen LogP contribution < -0.4 is 16.4 Å². The van der Waals surface area contributed by atoms with E-state index < -0.39 is 5.97 Å². The van der Waals surface area contributed by atoms with Crippen molar-refractivity contribution >= 4 is 23.4 Å². The molecule has 7 heteroatoms. The number of methoxy groups -OCH3 is 1. The second-order valence-electron chi connectivity index (χ2n) is 4.67. The summed E-state index contributed by atoms with van der Waals surface area (Å²) in [7, 11) is 1.29. The van der Waals surface area contributed by atoms with Gasteiger partial charge in [0.1, 0.15) is 5.82 Å². The van der Waals surface area contributed by atoms with Crippen molar-refractivity contribution in [3.63, 3.8) is 0 Å². The third-order valence-electron chi connectivity index (χ3n) is 3.06. The molecule has 21 heavy (non-hydrogen) atoms. The van der Waals surface area contributed by atoms with Gasteiger partial charge in [0.05, 0.1) is 18.4 Å². The minimum Gasteiger partial charge on any atom is -0.465 e. The molecule has 1 aromatic rings. The molecular weight excluding hydrogens is 272 g/mol. The van der Waals surface area contributed by atoms with Crippen LogP contribution in [0.2, 0.25) is 0 Å². The molecule has 1 unspecified atom stereocenters. The lowest BCUT2D eigenvalue weighted by Gasteiger charge is -2.13. The topological polar surface area (TPSA) is 106 Å². The number of amides is 1. The molecule has 7 nitrogen and oxygen atoms in total. The van der Waals surface area contributed by atoms with Gasteiger partial charge in [0.25, 0.3) is 0 Å². The quantitative estimate of drug-likeness (QED) is 0.652. The van der Waals surface area contributed by atoms with E-state index in [0.717, 1.165) is 6.42 Å². The highest BCUT2D eigenvalue weighted by Crippen LogP contribution is 2.20. The van der Waals surface area contributed by atoms with Crippen LogP contribution in [0.1, 0.15) is 37.0 Å². The molecule has 0 aromatic carbocycles. The first kappa shape index (κ1) is 16.7. The Labute approximate surface area is 124 Å². The standard InChI is InChI=1S/C14H22N4O3/c1-4-9(2)18-11(19)6-8-17-13-12(15)10(5-7-16-13)14(20)21-3/h5,7,9H,4,6,8,15H2,1-3H3,(H,16,17)(H,18,19). The number of hydrogen-bond donors (Lipinski definition) is 3. The highest BCUT2D eigenvalue weighted by molar-refractivity contribution is 5.97. The third kappa shape index (κ3) is 4.94. The zero-order valence-corrected chi connectivity index (χ0v) is 12.6. The van der Waals surface area contributed by atoms with Gasteiger partial charge in [-0.1, -0.05) is 6.92 Å². The number of nitrogens with one attached hydrogen (secondary N) is 2. The lowest BCUT2D eigenvalue weighted by atomic mass is 10.2. The Hall–Kier alpha value is -2.31. The van der Waals surface area contributed by atoms with Crippen molar-refractivity contribution in [2.45, 2.75) is 32.7 Å². The van der Waals surface area contributed by atoms with Crippen molar-refractivity contribution in [2.75, 3.05) is 24.7 Å². The minimum atomic E-state index is -0.521. The Morgan fingerprint density at radius 3 is 2.81 bits per heavy atom. The summed E-state index contributed by atoms with van der Waals surface area (Å²) in [4.78, 5) is 27.2. The van der Waals surface area contributed by atoms with Crippen molar-refractivity contribution < 1.29 is 14.3 Å². The van der Waals surface area contributed by atoms with E-state index in [9.17, 15) is 9.59 Å². The van der Waals surface area contributed by atoms with Crippen LogP contribution in [0.15, 0.2) is 12.3 Å². The van der Waals surface area contributed by atoms with E-state index in [-0.39, 0.29) is 23.2 Å². The Balaban J connectivity index is 2.56. The van der Waals surface area contributed by atoms with Gasteiger partial charge in [0, 0.05) is 25.2 Å². The van der Waals surface area contributed by atoms with Crippen molar-refractivity contribution in [2.24, 2.45) is 0 Å². The predicted octanol–water partition coefficient (Wildman–Crippen LogP) is 1.17. The molecule has 1 atom stereocenters. The number of nitrogens with zero attached hydrogens (tertiary/aromatic N) is 1. The Morgan fingerprint density at radius 2 is 2.19 bits per heavy atom. The fourth-order valence-corrected chi connectivity index (χ4v) is 1.65. The summed E-state index contributed by atoms with van der Waals surface area (Å²) in [5.74, 6) is -0.193. The highest BCUT2D eigenvalue weighted by Gasteiger charge is 2.14. The molecule has 0 radical (unpaired) electrons. The maximum absolute atomic E-state index is 11.6. The number of nitrogens with two attached hydrogens (primary N) is 1.